The Morgan fingerprint density at radius 2 is 0.500 bits per heavy atom. The van der Waals surface area contributed by atoms with Gasteiger partial charge in [0.1, 0.15) is 0 Å². The summed E-state index contributed by atoms with van der Waals surface area (Å²) in [4.78, 5) is 0. The maximum absolute atomic E-state index is 2.31. The molecular formula is C16H42. The maximum atomic E-state index is 2.31. The Bertz CT molecular complexity index is 45.1. The minimum atomic E-state index is 0.843. The van der Waals surface area contributed by atoms with Crippen molar-refractivity contribution in [1.29, 1.82) is 0 Å². The first-order valence-corrected chi connectivity index (χ1v) is 7.55. The Morgan fingerprint density at radius 1 is 0.375 bits per heavy atom. The van der Waals surface area contributed by atoms with Crippen LogP contribution in [0.25, 0.3) is 0 Å². The summed E-state index contributed by atoms with van der Waals surface area (Å²) in [6.45, 7) is 27.4. The molecule has 0 bridgehead atoms. The van der Waals surface area contributed by atoms with Gasteiger partial charge in [-0.1, -0.05) is 90.0 Å². The summed E-state index contributed by atoms with van der Waals surface area (Å²) in [5.41, 5.74) is 0. The first-order valence-electron chi connectivity index (χ1n) is 7.55. The topological polar surface area (TPSA) is 0 Å². The van der Waals surface area contributed by atoms with Crippen LogP contribution in [-0.2, 0) is 0 Å². The van der Waals surface area contributed by atoms with Crippen molar-refractivity contribution in [3.8, 4) is 0 Å². The smallest absolute Gasteiger partial charge is 0.0396 e. The van der Waals surface area contributed by atoms with Crippen molar-refractivity contribution in [2.24, 2.45) is 17.8 Å². The van der Waals surface area contributed by atoms with Crippen molar-refractivity contribution in [2.45, 2.75) is 90.0 Å². The number of hydrogen-bond donors (Lipinski definition) is 0. The number of hydrogen-bond acceptors (Lipinski definition) is 0. The van der Waals surface area contributed by atoms with Crippen LogP contribution in [0, 0.1) is 17.8 Å². The fourth-order valence-corrected chi connectivity index (χ4v) is 0.770. The second-order valence-electron chi connectivity index (χ2n) is 3.35. The van der Waals surface area contributed by atoms with Crippen LogP contribution in [0.4, 0.5) is 0 Å². The third-order valence-corrected chi connectivity index (χ3v) is 2.10. The van der Waals surface area contributed by atoms with Gasteiger partial charge >= 0.3 is 0 Å². The summed E-state index contributed by atoms with van der Waals surface area (Å²) >= 11 is 0. The summed E-state index contributed by atoms with van der Waals surface area (Å²) in [5, 5.41) is 0. The lowest BCUT2D eigenvalue weighted by Gasteiger charge is -2.18. The van der Waals surface area contributed by atoms with Crippen LogP contribution < -0.4 is 0 Å². The van der Waals surface area contributed by atoms with Crippen LogP contribution in [0.5, 0.6) is 0 Å². The van der Waals surface area contributed by atoms with Gasteiger partial charge in [-0.25, -0.2) is 0 Å². The Morgan fingerprint density at radius 3 is 0.500 bits per heavy atom. The molecule has 0 aliphatic rings. The molecule has 0 unspecified atom stereocenters. The highest BCUT2D eigenvalue weighted by atomic mass is 14.2. The highest BCUT2D eigenvalue weighted by molar-refractivity contribution is 4.59. The number of rotatable bonds is 2. The highest BCUT2D eigenvalue weighted by Gasteiger charge is 2.09. The summed E-state index contributed by atoms with van der Waals surface area (Å²) in [7, 11) is 0. The molecule has 0 nitrogen and oxygen atoms in total. The van der Waals surface area contributed by atoms with E-state index in [1.54, 1.807) is 0 Å². The highest BCUT2D eigenvalue weighted by Crippen LogP contribution is 2.18. The molecule has 0 aromatic rings. The quantitative estimate of drug-likeness (QED) is 0.480. The monoisotopic (exact) mass is 234 g/mol. The van der Waals surface area contributed by atoms with Crippen LogP contribution in [-0.4, -0.2) is 0 Å². The standard InChI is InChI=1S/C8H18.4C2H6/c1-6(2)8(5)7(3)4;4*1-2/h6-8H,1-5H3;4*1-2H3. The third kappa shape index (κ3) is 37.0. The minimum Gasteiger partial charge on any atom is -0.0683 e. The molecule has 106 valence electrons. The van der Waals surface area contributed by atoms with Crippen LogP contribution in [0.1, 0.15) is 90.0 Å². The van der Waals surface area contributed by atoms with E-state index in [1.807, 2.05) is 55.4 Å². The van der Waals surface area contributed by atoms with Crippen molar-refractivity contribution in [3.63, 3.8) is 0 Å². The van der Waals surface area contributed by atoms with Gasteiger partial charge in [-0.3, -0.25) is 0 Å². The molecule has 0 amide bonds. The van der Waals surface area contributed by atoms with E-state index in [2.05, 4.69) is 34.6 Å². The molecular weight excluding hydrogens is 192 g/mol. The van der Waals surface area contributed by atoms with Crippen LogP contribution in [0.15, 0.2) is 0 Å². The van der Waals surface area contributed by atoms with E-state index < -0.39 is 0 Å². The van der Waals surface area contributed by atoms with Crippen molar-refractivity contribution >= 4 is 0 Å². The average molecular weight is 235 g/mol. The SMILES string of the molecule is CC.CC.CC.CC.CC(C)C(C)C(C)C. The predicted molar refractivity (Wildman–Crippen MR) is 84.2 cm³/mol. The van der Waals surface area contributed by atoms with Gasteiger partial charge in [0.05, 0.1) is 0 Å². The molecule has 0 aromatic heterocycles. The van der Waals surface area contributed by atoms with E-state index in [0.29, 0.717) is 0 Å². The van der Waals surface area contributed by atoms with Gasteiger partial charge in [0.25, 0.3) is 0 Å². The Balaban J connectivity index is -0.0000000426. The molecule has 0 rings (SSSR count). The van der Waals surface area contributed by atoms with Gasteiger partial charge in [0, 0.05) is 0 Å². The van der Waals surface area contributed by atoms with Gasteiger partial charge in [-0.15, -0.1) is 0 Å². The zero-order valence-electron chi connectivity index (χ0n) is 14.7. The average Bonchev–Trinajstić information content (AvgIpc) is 2.37. The normalized spacial score (nSPS) is 7.50. The second-order valence-corrected chi connectivity index (χ2v) is 3.35. The summed E-state index contributed by atoms with van der Waals surface area (Å²) in [5.74, 6) is 2.56. The van der Waals surface area contributed by atoms with E-state index >= 15 is 0 Å². The lowest BCUT2D eigenvalue weighted by molar-refractivity contribution is 0.316. The van der Waals surface area contributed by atoms with Crippen molar-refractivity contribution in [3.05, 3.63) is 0 Å². The Hall–Kier alpha value is 0. The molecule has 16 heavy (non-hydrogen) atoms. The van der Waals surface area contributed by atoms with Crippen molar-refractivity contribution < 1.29 is 0 Å². The van der Waals surface area contributed by atoms with E-state index in [4.69, 9.17) is 0 Å². The lowest BCUT2D eigenvalue weighted by Crippen LogP contribution is -2.10. The molecule has 0 aliphatic heterocycles. The maximum Gasteiger partial charge on any atom is -0.0396 e. The Kier molecular flexibility index (Phi) is 67.5. The van der Waals surface area contributed by atoms with Gasteiger partial charge in [-0.2, -0.15) is 0 Å². The molecule has 0 aromatic carbocycles. The van der Waals surface area contributed by atoms with Gasteiger partial charge < -0.3 is 0 Å². The van der Waals surface area contributed by atoms with Gasteiger partial charge in [-0.05, 0) is 17.8 Å². The zero-order chi connectivity index (χ0) is 14.7. The minimum absolute atomic E-state index is 0.843. The van der Waals surface area contributed by atoms with E-state index in [0.717, 1.165) is 17.8 Å². The molecule has 0 heterocycles. The Labute approximate surface area is 108 Å². The first kappa shape index (κ1) is 29.8. The molecule has 0 fully saturated rings. The van der Waals surface area contributed by atoms with Crippen molar-refractivity contribution in [2.75, 3.05) is 0 Å². The van der Waals surface area contributed by atoms with Crippen molar-refractivity contribution in [1.82, 2.24) is 0 Å². The summed E-state index contributed by atoms with van der Waals surface area (Å²) in [6.07, 6.45) is 0. The first-order chi connectivity index (χ1) is 7.55. The zero-order valence-corrected chi connectivity index (χ0v) is 14.7. The molecule has 0 saturated heterocycles. The van der Waals surface area contributed by atoms with E-state index in [1.165, 1.54) is 0 Å². The van der Waals surface area contributed by atoms with Gasteiger partial charge in [0.2, 0.25) is 0 Å². The molecule has 0 atom stereocenters. The third-order valence-electron chi connectivity index (χ3n) is 2.10. The van der Waals surface area contributed by atoms with Crippen LogP contribution in [0.2, 0.25) is 0 Å². The molecule has 0 radical (unpaired) electrons. The lowest BCUT2D eigenvalue weighted by atomic mass is 9.88. The van der Waals surface area contributed by atoms with Crippen LogP contribution >= 0.6 is 0 Å². The largest absolute Gasteiger partial charge is 0.0683 e. The van der Waals surface area contributed by atoms with Crippen LogP contribution in [0.3, 0.4) is 0 Å². The van der Waals surface area contributed by atoms with E-state index in [9.17, 15) is 0 Å². The second kappa shape index (κ2) is 36.3. The molecule has 0 aliphatic carbocycles. The molecule has 0 saturated carbocycles. The fraction of sp³-hybridized carbons (Fsp3) is 1.00. The van der Waals surface area contributed by atoms with E-state index in [-0.39, 0.29) is 0 Å². The fourth-order valence-electron chi connectivity index (χ4n) is 0.770. The predicted octanol–water partition coefficient (Wildman–Crippen LogP) is 7.04. The molecule has 0 heteroatoms. The summed E-state index contributed by atoms with van der Waals surface area (Å²) < 4.78 is 0. The van der Waals surface area contributed by atoms with Gasteiger partial charge in [0.15, 0.2) is 0 Å². The molecule has 0 N–H and O–H groups in total. The molecule has 0 spiro atoms. The summed E-state index contributed by atoms with van der Waals surface area (Å²) in [6, 6.07) is 0.